The van der Waals surface area contributed by atoms with Crippen molar-refractivity contribution in [1.82, 2.24) is 15.0 Å². The molecular weight excluding hydrogens is 449 g/mol. The number of H-pyrrole nitrogens is 1. The van der Waals surface area contributed by atoms with Crippen molar-refractivity contribution >= 4 is 28.6 Å². The van der Waals surface area contributed by atoms with Crippen LogP contribution in [0.1, 0.15) is 49.1 Å². The van der Waals surface area contributed by atoms with Gasteiger partial charge in [0.15, 0.2) is 0 Å². The molecule has 2 saturated carbocycles. The van der Waals surface area contributed by atoms with Gasteiger partial charge in [-0.1, -0.05) is 6.07 Å². The number of methoxy groups -OCH3 is 1. The maximum absolute atomic E-state index is 13.9. The summed E-state index contributed by atoms with van der Waals surface area (Å²) in [6, 6.07) is 3.20. The van der Waals surface area contributed by atoms with E-state index < -0.39 is 17.8 Å². The Morgan fingerprint density at radius 1 is 1.24 bits per heavy atom. The second-order valence-corrected chi connectivity index (χ2v) is 8.84. The zero-order valence-corrected chi connectivity index (χ0v) is 18.5. The third-order valence-electron chi connectivity index (χ3n) is 6.54. The molecule has 2 aliphatic carbocycles. The highest BCUT2D eigenvalue weighted by Crippen LogP contribution is 2.48. The van der Waals surface area contributed by atoms with Crippen LogP contribution in [-0.2, 0) is 10.9 Å². The smallest absolute Gasteiger partial charge is 0.419 e. The zero-order chi connectivity index (χ0) is 24.0. The maximum atomic E-state index is 13.9. The number of alkyl halides is 3. The fourth-order valence-corrected chi connectivity index (χ4v) is 4.68. The molecule has 11 heteroatoms. The van der Waals surface area contributed by atoms with E-state index in [1.807, 2.05) is 0 Å². The van der Waals surface area contributed by atoms with Crippen LogP contribution in [0.25, 0.3) is 22.2 Å². The monoisotopic (exact) mass is 474 g/mol. The molecule has 180 valence electrons. The lowest BCUT2D eigenvalue weighted by Crippen LogP contribution is -2.35. The molecule has 2 atom stereocenters. The molecule has 2 aliphatic rings. The number of nitrogens with zero attached hydrogens (tertiary/aromatic N) is 2. The van der Waals surface area contributed by atoms with Crippen LogP contribution in [0.2, 0.25) is 0 Å². The Hall–Kier alpha value is -3.34. The van der Waals surface area contributed by atoms with Crippen molar-refractivity contribution in [3.8, 4) is 11.3 Å². The fraction of sp³-hybridized carbons (Fsp3) is 0.435. The van der Waals surface area contributed by atoms with Gasteiger partial charge in [0, 0.05) is 46.7 Å². The average Bonchev–Trinajstić information content (AvgIpc) is 3.42. The number of aromatic amines is 1. The lowest BCUT2D eigenvalue weighted by Gasteiger charge is -2.19. The van der Waals surface area contributed by atoms with E-state index in [1.54, 1.807) is 12.1 Å². The van der Waals surface area contributed by atoms with Crippen molar-refractivity contribution in [3.63, 3.8) is 0 Å². The third kappa shape index (κ3) is 4.15. The van der Waals surface area contributed by atoms with Gasteiger partial charge in [-0.05, 0) is 44.1 Å². The quantitative estimate of drug-likeness (QED) is 0.414. The normalized spacial score (nSPS) is 20.5. The van der Waals surface area contributed by atoms with Gasteiger partial charge in [-0.3, -0.25) is 5.32 Å². The summed E-state index contributed by atoms with van der Waals surface area (Å²) in [4.78, 5) is 23.2. The molecule has 8 nitrogen and oxygen atoms in total. The maximum Gasteiger partial charge on any atom is 0.419 e. The molecule has 2 heterocycles. The third-order valence-corrected chi connectivity index (χ3v) is 6.54. The molecule has 0 spiro atoms. The minimum atomic E-state index is -4.63. The summed E-state index contributed by atoms with van der Waals surface area (Å²) in [6.45, 7) is 0. The van der Waals surface area contributed by atoms with Gasteiger partial charge < -0.3 is 20.8 Å². The van der Waals surface area contributed by atoms with Crippen LogP contribution in [0.4, 0.5) is 29.6 Å². The van der Waals surface area contributed by atoms with E-state index in [1.165, 1.54) is 13.3 Å². The predicted octanol–water partition coefficient (Wildman–Crippen LogP) is 4.99. The number of rotatable bonds is 5. The molecular formula is C23H25F3N6O2. The van der Waals surface area contributed by atoms with Gasteiger partial charge in [-0.25, -0.2) is 14.8 Å². The Bertz CT molecular complexity index is 1240. The van der Waals surface area contributed by atoms with Crippen LogP contribution in [0.5, 0.6) is 0 Å². The summed E-state index contributed by atoms with van der Waals surface area (Å²) in [6.07, 6.45) is 1.58. The number of fused-ring (bicyclic) bond motifs is 1. The number of nitrogens with one attached hydrogen (secondary N) is 3. The van der Waals surface area contributed by atoms with Gasteiger partial charge in [0.2, 0.25) is 5.95 Å². The van der Waals surface area contributed by atoms with Crippen molar-refractivity contribution in [1.29, 1.82) is 0 Å². The second-order valence-electron chi connectivity index (χ2n) is 8.84. The molecule has 1 aromatic carbocycles. The van der Waals surface area contributed by atoms with E-state index in [0.29, 0.717) is 22.2 Å². The first-order valence-electron chi connectivity index (χ1n) is 11.2. The first-order valence-corrected chi connectivity index (χ1v) is 11.2. The molecule has 34 heavy (non-hydrogen) atoms. The second kappa shape index (κ2) is 8.46. The van der Waals surface area contributed by atoms with E-state index in [-0.39, 0.29) is 29.6 Å². The molecule has 5 rings (SSSR count). The standard InChI is InChI=1S/C23H25F3N6O2/c1-34-22(33)31-17-8-7-12-13(9-28-20(12)18(17)11-5-6-11)19-14(23(24,25)26)10-29-21(32-19)30-16-4-2-3-15(16)27/h7-11,15-16,28H,2-6,27H2,1H3,(H,31,33)(H,29,30,32)/t15-,16-/m0/s1. The number of benzene rings is 1. The van der Waals surface area contributed by atoms with Crippen LogP contribution in [0.15, 0.2) is 24.5 Å². The van der Waals surface area contributed by atoms with Crippen LogP contribution in [-0.4, -0.2) is 40.2 Å². The van der Waals surface area contributed by atoms with Crippen LogP contribution < -0.4 is 16.4 Å². The van der Waals surface area contributed by atoms with Gasteiger partial charge in [0.1, 0.15) is 5.56 Å². The molecule has 0 unspecified atom stereocenters. The number of carbonyl (C=O) groups is 1. The molecule has 1 amide bonds. The molecule has 5 N–H and O–H groups in total. The largest absolute Gasteiger partial charge is 0.453 e. The number of halogens is 3. The van der Waals surface area contributed by atoms with Crippen LogP contribution in [0.3, 0.4) is 0 Å². The average molecular weight is 474 g/mol. The highest BCUT2D eigenvalue weighted by atomic mass is 19.4. The summed E-state index contributed by atoms with van der Waals surface area (Å²) in [5.74, 6) is 0.321. The minimum absolute atomic E-state index is 0.0824. The van der Waals surface area contributed by atoms with E-state index in [0.717, 1.165) is 43.9 Å². The summed E-state index contributed by atoms with van der Waals surface area (Å²) >= 11 is 0. The molecule has 0 saturated heterocycles. The molecule has 3 aromatic rings. The summed E-state index contributed by atoms with van der Waals surface area (Å²) < 4.78 is 46.4. The number of anilines is 2. The Kier molecular flexibility index (Phi) is 5.59. The molecule has 0 aliphatic heterocycles. The molecule has 2 fully saturated rings. The number of nitrogens with two attached hydrogens (primary N) is 1. The lowest BCUT2D eigenvalue weighted by molar-refractivity contribution is -0.137. The lowest BCUT2D eigenvalue weighted by atomic mass is 10.0. The number of carbonyl (C=O) groups excluding carboxylic acids is 1. The number of amides is 1. The van der Waals surface area contributed by atoms with Crippen molar-refractivity contribution < 1.29 is 22.7 Å². The van der Waals surface area contributed by atoms with Crippen molar-refractivity contribution in [2.24, 2.45) is 5.73 Å². The highest BCUT2D eigenvalue weighted by molar-refractivity contribution is 6.01. The van der Waals surface area contributed by atoms with Crippen molar-refractivity contribution in [2.75, 3.05) is 17.7 Å². The Labute approximate surface area is 193 Å². The Morgan fingerprint density at radius 2 is 2.03 bits per heavy atom. The minimum Gasteiger partial charge on any atom is -0.453 e. The highest BCUT2D eigenvalue weighted by Gasteiger charge is 2.37. The summed E-state index contributed by atoms with van der Waals surface area (Å²) in [5.41, 5.74) is 7.39. The SMILES string of the molecule is COC(=O)Nc1ccc2c(-c3nc(N[C@H]4CCC[C@@H]4N)ncc3C(F)(F)F)c[nH]c2c1C1CC1. The summed E-state index contributed by atoms with van der Waals surface area (Å²) in [7, 11) is 1.27. The molecule has 0 bridgehead atoms. The first-order chi connectivity index (χ1) is 16.3. The first kappa shape index (κ1) is 22.5. The van der Waals surface area contributed by atoms with Gasteiger partial charge in [0.25, 0.3) is 0 Å². The zero-order valence-electron chi connectivity index (χ0n) is 18.5. The number of ether oxygens (including phenoxy) is 1. The predicted molar refractivity (Wildman–Crippen MR) is 122 cm³/mol. The Morgan fingerprint density at radius 3 is 2.68 bits per heavy atom. The van der Waals surface area contributed by atoms with Gasteiger partial charge >= 0.3 is 12.3 Å². The van der Waals surface area contributed by atoms with E-state index in [9.17, 15) is 18.0 Å². The van der Waals surface area contributed by atoms with Crippen LogP contribution in [0, 0.1) is 0 Å². The van der Waals surface area contributed by atoms with Crippen molar-refractivity contribution in [3.05, 3.63) is 35.7 Å². The van der Waals surface area contributed by atoms with Gasteiger partial charge in [0.05, 0.1) is 18.3 Å². The van der Waals surface area contributed by atoms with Gasteiger partial charge in [-0.15, -0.1) is 0 Å². The van der Waals surface area contributed by atoms with E-state index >= 15 is 0 Å². The van der Waals surface area contributed by atoms with Gasteiger partial charge in [-0.2, -0.15) is 13.2 Å². The van der Waals surface area contributed by atoms with Crippen molar-refractivity contribution in [2.45, 2.75) is 56.3 Å². The summed E-state index contributed by atoms with van der Waals surface area (Å²) in [5, 5.41) is 6.40. The number of aromatic nitrogens is 3. The number of hydrogen-bond acceptors (Lipinski definition) is 6. The topological polar surface area (TPSA) is 118 Å². The molecule has 2 aromatic heterocycles. The van der Waals surface area contributed by atoms with E-state index in [2.05, 4.69) is 25.6 Å². The number of hydrogen-bond donors (Lipinski definition) is 4. The van der Waals surface area contributed by atoms with E-state index in [4.69, 9.17) is 10.5 Å². The molecule has 0 radical (unpaired) electrons. The van der Waals surface area contributed by atoms with Crippen LogP contribution >= 0.6 is 0 Å². The Balaban J connectivity index is 1.61. The fourth-order valence-electron chi connectivity index (χ4n) is 4.68.